The predicted octanol–water partition coefficient (Wildman–Crippen LogP) is 0.948. The summed E-state index contributed by atoms with van der Waals surface area (Å²) in [7, 11) is 0. The van der Waals surface area contributed by atoms with Crippen LogP contribution in [0.2, 0.25) is 0 Å². The molecule has 0 spiro atoms. The van der Waals surface area contributed by atoms with E-state index in [2.05, 4.69) is 5.32 Å². The van der Waals surface area contributed by atoms with Gasteiger partial charge in [0.2, 0.25) is 11.8 Å². The first kappa shape index (κ1) is 12.0. The third kappa shape index (κ3) is 2.94. The minimum Gasteiger partial charge on any atom is -0.369 e. The van der Waals surface area contributed by atoms with Gasteiger partial charge < -0.3 is 11.1 Å². The van der Waals surface area contributed by atoms with Crippen LogP contribution in [0.15, 0.2) is 0 Å². The lowest BCUT2D eigenvalue weighted by Crippen LogP contribution is -2.44. The zero-order valence-corrected chi connectivity index (χ0v) is 9.34. The molecular weight excluding hydrogens is 192 g/mol. The fourth-order valence-electron chi connectivity index (χ4n) is 2.15. The first-order valence-electron chi connectivity index (χ1n) is 5.67. The molecule has 0 aromatic carbocycles. The lowest BCUT2D eigenvalue weighted by Gasteiger charge is -2.25. The Morgan fingerprint density at radius 1 is 1.33 bits per heavy atom. The molecule has 0 unspecified atom stereocenters. The van der Waals surface area contributed by atoms with E-state index < -0.39 is 5.41 Å². The van der Waals surface area contributed by atoms with Gasteiger partial charge >= 0.3 is 0 Å². The van der Waals surface area contributed by atoms with Gasteiger partial charge in [-0.15, -0.1) is 0 Å². The van der Waals surface area contributed by atoms with Crippen LogP contribution in [0.25, 0.3) is 0 Å². The van der Waals surface area contributed by atoms with Gasteiger partial charge in [-0.05, 0) is 19.3 Å². The second-order valence-electron chi connectivity index (χ2n) is 4.38. The van der Waals surface area contributed by atoms with Crippen LogP contribution in [0.5, 0.6) is 0 Å². The van der Waals surface area contributed by atoms with Crippen molar-refractivity contribution in [3.63, 3.8) is 0 Å². The highest BCUT2D eigenvalue weighted by molar-refractivity contribution is 5.83. The summed E-state index contributed by atoms with van der Waals surface area (Å²) in [6.45, 7) is 2.38. The highest BCUT2D eigenvalue weighted by atomic mass is 16.2. The van der Waals surface area contributed by atoms with E-state index in [1.807, 2.05) is 6.92 Å². The van der Waals surface area contributed by atoms with Crippen molar-refractivity contribution < 1.29 is 9.59 Å². The van der Waals surface area contributed by atoms with Gasteiger partial charge in [-0.25, -0.2) is 0 Å². The van der Waals surface area contributed by atoms with E-state index in [1.165, 1.54) is 0 Å². The molecule has 1 fully saturated rings. The maximum atomic E-state index is 11.4. The van der Waals surface area contributed by atoms with E-state index in [4.69, 9.17) is 5.73 Å². The van der Waals surface area contributed by atoms with Gasteiger partial charge in [0, 0.05) is 13.0 Å². The zero-order valence-electron chi connectivity index (χ0n) is 9.34. The van der Waals surface area contributed by atoms with Crippen molar-refractivity contribution in [2.45, 2.75) is 45.4 Å². The highest BCUT2D eigenvalue weighted by Gasteiger charge is 2.39. The minimum absolute atomic E-state index is 0.0185. The molecule has 0 atom stereocenters. The molecule has 2 amide bonds. The lowest BCUT2D eigenvalue weighted by molar-refractivity contribution is -0.128. The number of hydrogen-bond acceptors (Lipinski definition) is 2. The van der Waals surface area contributed by atoms with Crippen LogP contribution in [0, 0.1) is 5.41 Å². The smallest absolute Gasteiger partial charge is 0.225 e. The van der Waals surface area contributed by atoms with E-state index in [9.17, 15) is 9.59 Å². The van der Waals surface area contributed by atoms with Crippen molar-refractivity contribution in [1.29, 1.82) is 0 Å². The van der Waals surface area contributed by atoms with E-state index >= 15 is 0 Å². The summed E-state index contributed by atoms with van der Waals surface area (Å²) in [5, 5.41) is 2.81. The van der Waals surface area contributed by atoms with Crippen LogP contribution >= 0.6 is 0 Å². The van der Waals surface area contributed by atoms with Crippen molar-refractivity contribution >= 4 is 11.8 Å². The van der Waals surface area contributed by atoms with E-state index in [-0.39, 0.29) is 11.8 Å². The Hall–Kier alpha value is -1.06. The molecule has 0 bridgehead atoms. The first-order valence-corrected chi connectivity index (χ1v) is 5.67. The van der Waals surface area contributed by atoms with Crippen molar-refractivity contribution in [1.82, 2.24) is 5.32 Å². The average Bonchev–Trinajstić information content (AvgIpc) is 2.65. The molecule has 15 heavy (non-hydrogen) atoms. The summed E-state index contributed by atoms with van der Waals surface area (Å²) < 4.78 is 0. The highest BCUT2D eigenvalue weighted by Crippen LogP contribution is 2.37. The second-order valence-corrected chi connectivity index (χ2v) is 4.38. The van der Waals surface area contributed by atoms with Crippen LogP contribution in [-0.4, -0.2) is 18.4 Å². The Bertz CT molecular complexity index is 245. The van der Waals surface area contributed by atoms with Crippen molar-refractivity contribution in [2.24, 2.45) is 11.1 Å². The van der Waals surface area contributed by atoms with Crippen LogP contribution in [0.3, 0.4) is 0 Å². The molecule has 0 radical (unpaired) electrons. The molecule has 0 aromatic rings. The summed E-state index contributed by atoms with van der Waals surface area (Å²) >= 11 is 0. The van der Waals surface area contributed by atoms with Gasteiger partial charge in [0.05, 0.1) is 5.41 Å². The van der Waals surface area contributed by atoms with E-state index in [0.717, 1.165) is 32.1 Å². The molecule has 86 valence electrons. The number of nitrogens with one attached hydrogen (secondary N) is 1. The molecule has 0 heterocycles. The van der Waals surface area contributed by atoms with Gasteiger partial charge in [-0.2, -0.15) is 0 Å². The molecule has 1 aliphatic carbocycles. The van der Waals surface area contributed by atoms with Crippen molar-refractivity contribution in [3.8, 4) is 0 Å². The summed E-state index contributed by atoms with van der Waals surface area (Å²) in [5.41, 5.74) is 4.93. The van der Waals surface area contributed by atoms with Crippen molar-refractivity contribution in [3.05, 3.63) is 0 Å². The van der Waals surface area contributed by atoms with Gasteiger partial charge in [-0.3, -0.25) is 9.59 Å². The van der Waals surface area contributed by atoms with Gasteiger partial charge in [0.25, 0.3) is 0 Å². The molecule has 0 aliphatic heterocycles. The quantitative estimate of drug-likeness (QED) is 0.712. The van der Waals surface area contributed by atoms with Gasteiger partial charge in [-0.1, -0.05) is 19.8 Å². The van der Waals surface area contributed by atoms with E-state index in [0.29, 0.717) is 13.0 Å². The molecule has 1 saturated carbocycles. The Morgan fingerprint density at radius 2 is 1.93 bits per heavy atom. The lowest BCUT2D eigenvalue weighted by atomic mass is 9.85. The monoisotopic (exact) mass is 212 g/mol. The molecule has 1 rings (SSSR count). The van der Waals surface area contributed by atoms with Gasteiger partial charge in [0.15, 0.2) is 0 Å². The Balaban J connectivity index is 2.46. The fraction of sp³-hybridized carbons (Fsp3) is 0.818. The normalized spacial score (nSPS) is 18.7. The SMILES string of the molecule is CCCC(=O)NCC1(C(N)=O)CCCC1. The summed E-state index contributed by atoms with van der Waals surface area (Å²) in [4.78, 5) is 22.7. The number of primary amides is 1. The van der Waals surface area contributed by atoms with Gasteiger partial charge in [0.1, 0.15) is 0 Å². The Labute approximate surface area is 90.6 Å². The summed E-state index contributed by atoms with van der Waals surface area (Å²) in [5.74, 6) is -0.248. The van der Waals surface area contributed by atoms with Crippen molar-refractivity contribution in [2.75, 3.05) is 6.54 Å². The fourth-order valence-corrected chi connectivity index (χ4v) is 2.15. The van der Waals surface area contributed by atoms with Crippen LogP contribution in [0.4, 0.5) is 0 Å². The first-order chi connectivity index (χ1) is 7.10. The second kappa shape index (κ2) is 5.14. The standard InChI is InChI=1S/C11H20N2O2/c1-2-5-9(14)13-8-11(10(12)15)6-3-4-7-11/h2-8H2,1H3,(H2,12,15)(H,13,14). The molecule has 1 aliphatic rings. The molecule has 4 heteroatoms. The number of hydrogen-bond donors (Lipinski definition) is 2. The zero-order chi connectivity index (χ0) is 11.3. The minimum atomic E-state index is -0.469. The Morgan fingerprint density at radius 3 is 2.40 bits per heavy atom. The van der Waals surface area contributed by atoms with E-state index in [1.54, 1.807) is 0 Å². The van der Waals surface area contributed by atoms with Crippen LogP contribution < -0.4 is 11.1 Å². The summed E-state index contributed by atoms with van der Waals surface area (Å²) in [6, 6.07) is 0. The molecule has 3 N–H and O–H groups in total. The largest absolute Gasteiger partial charge is 0.369 e. The molecule has 0 saturated heterocycles. The average molecular weight is 212 g/mol. The number of carbonyl (C=O) groups excluding carboxylic acids is 2. The predicted molar refractivity (Wildman–Crippen MR) is 58.0 cm³/mol. The maximum Gasteiger partial charge on any atom is 0.225 e. The third-order valence-electron chi connectivity index (χ3n) is 3.18. The van der Waals surface area contributed by atoms with Crippen LogP contribution in [-0.2, 0) is 9.59 Å². The number of amides is 2. The third-order valence-corrected chi connectivity index (χ3v) is 3.18. The maximum absolute atomic E-state index is 11.4. The molecule has 4 nitrogen and oxygen atoms in total. The summed E-state index contributed by atoms with van der Waals surface area (Å²) in [6.07, 6.45) is 5.05. The Kier molecular flexibility index (Phi) is 4.12. The number of rotatable bonds is 5. The molecule has 0 aromatic heterocycles. The topological polar surface area (TPSA) is 72.2 Å². The number of carbonyl (C=O) groups is 2. The number of nitrogens with two attached hydrogens (primary N) is 1. The molecular formula is C11H20N2O2. The van der Waals surface area contributed by atoms with Crippen LogP contribution in [0.1, 0.15) is 45.4 Å².